The van der Waals surface area contributed by atoms with Crippen LogP contribution in [0.15, 0.2) is 30.3 Å². The molecule has 0 bridgehead atoms. The Morgan fingerprint density at radius 2 is 1.73 bits per heavy atom. The molecule has 0 aliphatic heterocycles. The van der Waals surface area contributed by atoms with Crippen LogP contribution in [0.2, 0.25) is 0 Å². The van der Waals surface area contributed by atoms with Gasteiger partial charge in [-0.2, -0.15) is 8.42 Å². The lowest BCUT2D eigenvalue weighted by Gasteiger charge is -1.99. The van der Waals surface area contributed by atoms with Crippen LogP contribution in [0.4, 0.5) is 0 Å². The molecule has 0 unspecified atom stereocenters. The van der Waals surface area contributed by atoms with Gasteiger partial charge in [-0.05, 0) is 12.1 Å². The fourth-order valence-electron chi connectivity index (χ4n) is 0.651. The van der Waals surface area contributed by atoms with Crippen molar-refractivity contribution >= 4 is 10.1 Å². The Morgan fingerprint density at radius 1 is 1.18 bits per heavy atom. The predicted octanol–water partition coefficient (Wildman–Crippen LogP) is 1.03. The number of hydrogen-bond acceptors (Lipinski definition) is 3. The molecule has 0 fully saturated rings. The summed E-state index contributed by atoms with van der Waals surface area (Å²) in [6, 6.07) is 8.37. The molecule has 0 spiro atoms. The number of rotatable bonds is 2. The van der Waals surface area contributed by atoms with E-state index in [0.29, 0.717) is 5.75 Å². The van der Waals surface area contributed by atoms with Crippen molar-refractivity contribution in [3.63, 3.8) is 0 Å². The summed E-state index contributed by atoms with van der Waals surface area (Å²) in [6.45, 7) is 0. The van der Waals surface area contributed by atoms with Crippen molar-refractivity contribution in [3.8, 4) is 5.75 Å². The molecule has 0 N–H and O–H groups in total. The topological polar surface area (TPSA) is 43.4 Å². The Morgan fingerprint density at radius 3 is 2.18 bits per heavy atom. The lowest BCUT2D eigenvalue weighted by atomic mass is 10.3. The highest BCUT2D eigenvalue weighted by Crippen LogP contribution is 2.09. The molecule has 0 amide bonds. The van der Waals surface area contributed by atoms with E-state index in [4.69, 9.17) is 0 Å². The van der Waals surface area contributed by atoms with Crippen LogP contribution in [0.25, 0.3) is 0 Å². The van der Waals surface area contributed by atoms with Gasteiger partial charge in [0.1, 0.15) is 5.75 Å². The van der Waals surface area contributed by atoms with Crippen molar-refractivity contribution in [3.05, 3.63) is 30.3 Å². The van der Waals surface area contributed by atoms with Gasteiger partial charge in [0, 0.05) is 0 Å². The van der Waals surface area contributed by atoms with Crippen molar-refractivity contribution < 1.29 is 12.6 Å². The van der Waals surface area contributed by atoms with E-state index in [1.807, 2.05) is 0 Å². The van der Waals surface area contributed by atoms with Crippen molar-refractivity contribution in [1.82, 2.24) is 0 Å². The molecule has 0 aliphatic carbocycles. The van der Waals surface area contributed by atoms with E-state index in [0.717, 1.165) is 6.26 Å². The zero-order chi connectivity index (χ0) is 8.32. The van der Waals surface area contributed by atoms with Gasteiger partial charge in [-0.25, -0.2) is 0 Å². The summed E-state index contributed by atoms with van der Waals surface area (Å²) in [4.78, 5) is 0. The summed E-state index contributed by atoms with van der Waals surface area (Å²) in [5.41, 5.74) is 0. The second-order valence-electron chi connectivity index (χ2n) is 2.10. The van der Waals surface area contributed by atoms with Gasteiger partial charge < -0.3 is 4.18 Å². The van der Waals surface area contributed by atoms with E-state index in [1.165, 1.54) is 0 Å². The van der Waals surface area contributed by atoms with Crippen LogP contribution in [0.5, 0.6) is 5.75 Å². The molecule has 0 aromatic heterocycles. The smallest absolute Gasteiger partial charge is 0.306 e. The van der Waals surface area contributed by atoms with Crippen molar-refractivity contribution in [2.75, 3.05) is 6.26 Å². The lowest BCUT2D eigenvalue weighted by Crippen LogP contribution is -2.05. The monoisotopic (exact) mass is 171 g/mol. The first-order valence-electron chi connectivity index (χ1n) is 3.02. The molecule has 1 aromatic rings. The third kappa shape index (κ3) is 3.04. The average molecular weight is 171 g/mol. The summed E-state index contributed by atoms with van der Waals surface area (Å²) in [7, 11) is -3.38. The fraction of sp³-hybridized carbons (Fsp3) is 0.143. The Bertz CT molecular complexity index is 315. The third-order valence-corrected chi connectivity index (χ3v) is 1.49. The first-order valence-corrected chi connectivity index (χ1v) is 4.84. The van der Waals surface area contributed by atoms with Gasteiger partial charge in [0.15, 0.2) is 0 Å². The number of para-hydroxylation sites is 1. The van der Waals surface area contributed by atoms with E-state index >= 15 is 0 Å². The fourth-order valence-corrected chi connectivity index (χ4v) is 1.11. The Hall–Kier alpha value is -1.03. The zero-order valence-corrected chi connectivity index (χ0v) is 6.84. The summed E-state index contributed by atoms with van der Waals surface area (Å²) >= 11 is 0. The highest BCUT2D eigenvalue weighted by atomic mass is 32.2. The second kappa shape index (κ2) is 2.92. The highest BCUT2D eigenvalue weighted by molar-refractivity contribution is 7.86. The molecule has 3 nitrogen and oxygen atoms in total. The summed E-state index contributed by atoms with van der Waals surface area (Å²) < 4.78 is 25.7. The molecule has 0 atom stereocenters. The van der Waals surface area contributed by atoms with Gasteiger partial charge in [-0.15, -0.1) is 0 Å². The molecule has 0 aliphatic rings. The number of hydrogen-bond donors (Lipinski definition) is 0. The average Bonchev–Trinajstić information content (AvgIpc) is 1.85. The number of benzene rings is 1. The highest BCUT2D eigenvalue weighted by Gasteiger charge is 2.01. The molecule has 1 aromatic carbocycles. The van der Waals surface area contributed by atoms with Crippen LogP contribution in [0, 0.1) is 0 Å². The van der Waals surface area contributed by atoms with Crippen molar-refractivity contribution in [2.24, 2.45) is 0 Å². The molecular weight excluding hydrogens is 163 g/mol. The summed E-state index contributed by atoms with van der Waals surface area (Å²) in [5, 5.41) is 0. The van der Waals surface area contributed by atoms with Crippen LogP contribution in [-0.2, 0) is 10.1 Å². The summed E-state index contributed by atoms with van der Waals surface area (Å²) in [6.07, 6.45) is 1.01. The Kier molecular flexibility index (Phi) is 2.14. The van der Waals surface area contributed by atoms with E-state index in [2.05, 4.69) is 4.18 Å². The molecule has 60 valence electrons. The molecule has 1 rings (SSSR count). The summed E-state index contributed by atoms with van der Waals surface area (Å²) in [5.74, 6) is 0.343. The predicted molar refractivity (Wildman–Crippen MR) is 41.9 cm³/mol. The van der Waals surface area contributed by atoms with Gasteiger partial charge >= 0.3 is 10.1 Å². The van der Waals surface area contributed by atoms with Crippen molar-refractivity contribution in [1.29, 1.82) is 0 Å². The Balaban J connectivity index is 2.82. The molecule has 4 heteroatoms. The standard InChI is InChI=1S/C7H8O3S/c1-11(8,9)10-7-5-3-2-4-6-7/h2-6H,1H3/i1-1. The lowest BCUT2D eigenvalue weighted by molar-refractivity contribution is 0.493. The minimum absolute atomic E-state index is 0.343. The van der Waals surface area contributed by atoms with Crippen molar-refractivity contribution in [2.45, 2.75) is 0 Å². The molecule has 11 heavy (non-hydrogen) atoms. The maximum absolute atomic E-state index is 10.6. The minimum Gasteiger partial charge on any atom is -0.383 e. The maximum Gasteiger partial charge on any atom is 0.306 e. The molecule has 0 heterocycles. The second-order valence-corrected chi connectivity index (χ2v) is 3.68. The van der Waals surface area contributed by atoms with E-state index in [9.17, 15) is 8.42 Å². The largest absolute Gasteiger partial charge is 0.383 e. The third-order valence-electron chi connectivity index (χ3n) is 0.991. The van der Waals surface area contributed by atoms with Gasteiger partial charge in [-0.1, -0.05) is 18.2 Å². The maximum atomic E-state index is 10.6. The first kappa shape index (κ1) is 8.07. The van der Waals surface area contributed by atoms with Gasteiger partial charge in [0.2, 0.25) is 0 Å². The minimum atomic E-state index is -3.38. The van der Waals surface area contributed by atoms with E-state index in [1.54, 1.807) is 30.3 Å². The van der Waals surface area contributed by atoms with E-state index < -0.39 is 10.1 Å². The zero-order valence-electron chi connectivity index (χ0n) is 6.02. The van der Waals surface area contributed by atoms with Crippen LogP contribution in [-0.4, -0.2) is 14.7 Å². The normalized spacial score (nSPS) is 11.0. The molecule has 0 radical (unpaired) electrons. The van der Waals surface area contributed by atoms with E-state index in [-0.39, 0.29) is 0 Å². The molecule has 0 saturated heterocycles. The molecular formula is C7H8O3S. The van der Waals surface area contributed by atoms with Gasteiger partial charge in [-0.3, -0.25) is 0 Å². The van der Waals surface area contributed by atoms with Crippen LogP contribution in [0.1, 0.15) is 0 Å². The Labute approximate surface area is 65.7 Å². The quantitative estimate of drug-likeness (QED) is 0.624. The first-order chi connectivity index (χ1) is 5.08. The van der Waals surface area contributed by atoms with Gasteiger partial charge in [0.05, 0.1) is 6.26 Å². The van der Waals surface area contributed by atoms with Crippen LogP contribution < -0.4 is 4.18 Å². The SMILES string of the molecule is [11CH3]S(=O)(=O)Oc1ccccc1. The van der Waals surface area contributed by atoms with Crippen LogP contribution in [0.3, 0.4) is 0 Å². The van der Waals surface area contributed by atoms with Gasteiger partial charge in [0.25, 0.3) is 0 Å². The molecule has 0 saturated carbocycles. The van der Waals surface area contributed by atoms with Crippen LogP contribution >= 0.6 is 0 Å².